The number of carbonyl (C=O) groups excluding carboxylic acids is 2. The molecule has 0 radical (unpaired) electrons. The van der Waals surface area contributed by atoms with Crippen LogP contribution < -0.4 is 11.1 Å². The molecule has 0 aromatic heterocycles. The number of nitrogens with two attached hydrogens (primary N) is 1. The molecule has 0 bridgehead atoms. The minimum absolute atomic E-state index is 0.0213. The van der Waals surface area contributed by atoms with Gasteiger partial charge in [0.15, 0.2) is 11.4 Å². The van der Waals surface area contributed by atoms with Crippen LogP contribution in [0.4, 0.5) is 4.79 Å². The highest BCUT2D eigenvalue weighted by molar-refractivity contribution is 5.87. The summed E-state index contributed by atoms with van der Waals surface area (Å²) >= 11 is 0. The molecule has 7 nitrogen and oxygen atoms in total. The lowest BCUT2D eigenvalue weighted by Crippen LogP contribution is -2.55. The topological polar surface area (TPSA) is 99.9 Å². The highest BCUT2D eigenvalue weighted by Crippen LogP contribution is 2.43. The van der Waals surface area contributed by atoms with Crippen molar-refractivity contribution < 1.29 is 23.8 Å². The summed E-state index contributed by atoms with van der Waals surface area (Å²) in [6.07, 6.45) is 1.38. The van der Waals surface area contributed by atoms with Gasteiger partial charge in [-0.25, -0.2) is 4.79 Å². The Labute approximate surface area is 146 Å². The Morgan fingerprint density at radius 3 is 2.52 bits per heavy atom. The summed E-state index contributed by atoms with van der Waals surface area (Å²) in [4.78, 5) is 23.4. The van der Waals surface area contributed by atoms with Gasteiger partial charge in [0.05, 0.1) is 12.7 Å². The predicted octanol–water partition coefficient (Wildman–Crippen LogP) is 1.49. The summed E-state index contributed by atoms with van der Waals surface area (Å²) in [5.41, 5.74) is 5.11. The van der Waals surface area contributed by atoms with E-state index in [0.717, 1.165) is 6.42 Å². The number of carbonyl (C=O) groups is 2. The lowest BCUT2D eigenvalue weighted by molar-refractivity contribution is -0.210. The Kier molecular flexibility index (Phi) is 4.96. The van der Waals surface area contributed by atoms with E-state index in [1.165, 1.54) is 12.6 Å². The van der Waals surface area contributed by atoms with Gasteiger partial charge in [0.1, 0.15) is 0 Å². The third-order valence-corrected chi connectivity index (χ3v) is 4.98. The van der Waals surface area contributed by atoms with Crippen LogP contribution >= 0.6 is 0 Å². The molecule has 2 fully saturated rings. The number of amides is 2. The van der Waals surface area contributed by atoms with E-state index in [4.69, 9.17) is 19.9 Å². The van der Waals surface area contributed by atoms with Crippen molar-refractivity contribution in [3.05, 3.63) is 35.9 Å². The van der Waals surface area contributed by atoms with E-state index in [-0.39, 0.29) is 12.0 Å². The van der Waals surface area contributed by atoms with Gasteiger partial charge in [-0.1, -0.05) is 30.3 Å². The monoisotopic (exact) mass is 348 g/mol. The van der Waals surface area contributed by atoms with E-state index in [2.05, 4.69) is 17.4 Å². The van der Waals surface area contributed by atoms with Gasteiger partial charge in [0.25, 0.3) is 5.91 Å². The van der Waals surface area contributed by atoms with Crippen LogP contribution in [0.25, 0.3) is 0 Å². The van der Waals surface area contributed by atoms with Crippen LogP contribution in [0.2, 0.25) is 0 Å². The number of benzene rings is 1. The third kappa shape index (κ3) is 3.77. The van der Waals surface area contributed by atoms with Crippen molar-refractivity contribution in [2.24, 2.45) is 5.73 Å². The maximum atomic E-state index is 12.2. The summed E-state index contributed by atoms with van der Waals surface area (Å²) < 4.78 is 17.3. The van der Waals surface area contributed by atoms with Crippen LogP contribution in [-0.2, 0) is 25.4 Å². The van der Waals surface area contributed by atoms with Gasteiger partial charge >= 0.3 is 6.09 Å². The van der Waals surface area contributed by atoms with E-state index in [1.54, 1.807) is 0 Å². The van der Waals surface area contributed by atoms with Crippen LogP contribution in [0, 0.1) is 0 Å². The average Bonchev–Trinajstić information content (AvgIpc) is 3.00. The van der Waals surface area contributed by atoms with Crippen molar-refractivity contribution in [3.63, 3.8) is 0 Å². The van der Waals surface area contributed by atoms with Gasteiger partial charge in [0, 0.05) is 39.2 Å². The molecule has 1 heterocycles. The molecule has 25 heavy (non-hydrogen) atoms. The molecule has 1 aliphatic heterocycles. The molecule has 2 aliphatic rings. The molecular weight excluding hydrogens is 324 g/mol. The molecule has 1 saturated heterocycles. The van der Waals surface area contributed by atoms with Crippen molar-refractivity contribution in [1.29, 1.82) is 0 Å². The Balaban J connectivity index is 1.63. The van der Waals surface area contributed by atoms with Crippen molar-refractivity contribution >= 4 is 12.0 Å². The van der Waals surface area contributed by atoms with Crippen molar-refractivity contribution in [3.8, 4) is 0 Å². The zero-order valence-electron chi connectivity index (χ0n) is 14.3. The van der Waals surface area contributed by atoms with Crippen LogP contribution in [0.5, 0.6) is 0 Å². The molecule has 1 atom stereocenters. The molecule has 3 rings (SSSR count). The van der Waals surface area contributed by atoms with Crippen LogP contribution in [0.15, 0.2) is 30.3 Å². The average molecular weight is 348 g/mol. The van der Waals surface area contributed by atoms with Gasteiger partial charge in [-0.05, 0) is 5.56 Å². The van der Waals surface area contributed by atoms with Crippen molar-refractivity contribution in [1.82, 2.24) is 5.32 Å². The Morgan fingerprint density at radius 1 is 1.24 bits per heavy atom. The van der Waals surface area contributed by atoms with E-state index in [9.17, 15) is 9.59 Å². The SMILES string of the molecule is CNC(=O)C1(OC(N)=O)CCC2(CC1)OCC(Cc1ccccc1)O2. The molecule has 1 spiro atoms. The van der Waals surface area contributed by atoms with Crippen LogP contribution in [-0.4, -0.2) is 43.1 Å². The second-order valence-corrected chi connectivity index (χ2v) is 6.65. The smallest absolute Gasteiger partial charge is 0.405 e. The number of nitrogens with one attached hydrogen (secondary N) is 1. The lowest BCUT2D eigenvalue weighted by atomic mass is 9.80. The summed E-state index contributed by atoms with van der Waals surface area (Å²) in [7, 11) is 1.51. The van der Waals surface area contributed by atoms with Gasteiger partial charge in [0.2, 0.25) is 0 Å². The first kappa shape index (κ1) is 17.7. The highest BCUT2D eigenvalue weighted by atomic mass is 16.7. The predicted molar refractivity (Wildman–Crippen MR) is 89.6 cm³/mol. The van der Waals surface area contributed by atoms with E-state index in [0.29, 0.717) is 32.3 Å². The lowest BCUT2D eigenvalue weighted by Gasteiger charge is -2.41. The number of hydrogen-bond acceptors (Lipinski definition) is 5. The molecule has 7 heteroatoms. The molecule has 1 aliphatic carbocycles. The minimum atomic E-state index is -1.24. The molecule has 1 aromatic rings. The molecule has 1 unspecified atom stereocenters. The fourth-order valence-corrected chi connectivity index (χ4v) is 3.69. The minimum Gasteiger partial charge on any atom is -0.433 e. The number of likely N-dealkylation sites (N-methyl/N-ethyl adjacent to an activating group) is 1. The summed E-state index contributed by atoms with van der Waals surface area (Å²) in [6.45, 7) is 0.512. The van der Waals surface area contributed by atoms with Crippen molar-refractivity contribution in [2.75, 3.05) is 13.7 Å². The highest BCUT2D eigenvalue weighted by Gasteiger charge is 2.53. The first-order valence-corrected chi connectivity index (χ1v) is 8.53. The van der Waals surface area contributed by atoms with Crippen molar-refractivity contribution in [2.45, 2.75) is 49.6 Å². The second-order valence-electron chi connectivity index (χ2n) is 6.65. The zero-order valence-corrected chi connectivity index (χ0v) is 14.3. The van der Waals surface area contributed by atoms with Crippen LogP contribution in [0.3, 0.4) is 0 Å². The first-order chi connectivity index (χ1) is 12.0. The number of primary amides is 1. The molecule has 1 aromatic carbocycles. The molecule has 2 amide bonds. The van der Waals surface area contributed by atoms with E-state index < -0.39 is 17.5 Å². The number of rotatable bonds is 4. The summed E-state index contributed by atoms with van der Waals surface area (Å²) in [5.74, 6) is -1.06. The first-order valence-electron chi connectivity index (χ1n) is 8.53. The quantitative estimate of drug-likeness (QED) is 0.859. The van der Waals surface area contributed by atoms with Gasteiger partial charge in [-0.2, -0.15) is 0 Å². The molecule has 3 N–H and O–H groups in total. The fraction of sp³-hybridized carbons (Fsp3) is 0.556. The maximum Gasteiger partial charge on any atom is 0.405 e. The maximum absolute atomic E-state index is 12.2. The normalized spacial score (nSPS) is 31.6. The third-order valence-electron chi connectivity index (χ3n) is 4.98. The van der Waals surface area contributed by atoms with E-state index >= 15 is 0 Å². The van der Waals surface area contributed by atoms with Gasteiger partial charge < -0.3 is 25.3 Å². The Morgan fingerprint density at radius 2 is 1.92 bits per heavy atom. The number of hydrogen-bond donors (Lipinski definition) is 2. The van der Waals surface area contributed by atoms with Crippen LogP contribution in [0.1, 0.15) is 31.2 Å². The summed E-state index contributed by atoms with van der Waals surface area (Å²) in [5, 5.41) is 2.55. The molecule has 1 saturated carbocycles. The van der Waals surface area contributed by atoms with Gasteiger partial charge in [-0.15, -0.1) is 0 Å². The Hall–Kier alpha value is -2.12. The molecule has 136 valence electrons. The fourth-order valence-electron chi connectivity index (χ4n) is 3.69. The zero-order chi connectivity index (χ0) is 17.9. The van der Waals surface area contributed by atoms with Gasteiger partial charge in [-0.3, -0.25) is 4.79 Å². The number of ether oxygens (including phenoxy) is 3. The summed E-state index contributed by atoms with van der Waals surface area (Å²) in [6, 6.07) is 10.1. The largest absolute Gasteiger partial charge is 0.433 e. The standard InChI is InChI=1S/C18H24N2O5/c1-20-15(21)17(25-16(19)22)7-9-18(10-8-17)23-12-14(24-18)11-13-5-3-2-4-6-13/h2-6,14H,7-12H2,1H3,(H2,19,22)(H,20,21). The molecular formula is C18H24N2O5. The second kappa shape index (κ2) is 7.01. The Bertz CT molecular complexity index is 626. The van der Waals surface area contributed by atoms with E-state index in [1.807, 2.05) is 18.2 Å².